The summed E-state index contributed by atoms with van der Waals surface area (Å²) >= 11 is 5.74. The summed E-state index contributed by atoms with van der Waals surface area (Å²) in [6, 6.07) is 18.7. The van der Waals surface area contributed by atoms with E-state index in [1.54, 1.807) is 30.3 Å². The van der Waals surface area contributed by atoms with Gasteiger partial charge in [0.05, 0.1) is 4.90 Å². The first-order valence-electron chi connectivity index (χ1n) is 8.80. The fourth-order valence-corrected chi connectivity index (χ4v) is 3.52. The lowest BCUT2D eigenvalue weighted by molar-refractivity contribution is 0.0944. The monoisotopic (exact) mass is 443 g/mol. The third kappa shape index (κ3) is 5.44. The number of carbonyl (C=O) groups excluding carboxylic acids is 2. The van der Waals surface area contributed by atoms with Crippen LogP contribution in [0, 0.1) is 6.92 Å². The smallest absolute Gasteiger partial charge is 0.266 e. The maximum atomic E-state index is 12.3. The van der Waals surface area contributed by atoms with Gasteiger partial charge in [0.1, 0.15) is 0 Å². The zero-order valence-electron chi connectivity index (χ0n) is 15.8. The first-order chi connectivity index (χ1) is 14.2. The number of sulfonamides is 1. The molecule has 0 aliphatic carbocycles. The number of carbonyl (C=O) groups is 2. The first kappa shape index (κ1) is 21.5. The Hall–Kier alpha value is -3.20. The Morgan fingerprint density at radius 3 is 2.13 bits per heavy atom. The molecule has 3 aromatic rings. The summed E-state index contributed by atoms with van der Waals surface area (Å²) < 4.78 is 24.4. The van der Waals surface area contributed by atoms with Crippen molar-refractivity contribution in [2.45, 2.75) is 11.8 Å². The zero-order chi connectivity index (χ0) is 21.7. The minimum Gasteiger partial charge on any atom is -0.322 e. The Morgan fingerprint density at radius 2 is 1.50 bits per heavy atom. The average Bonchev–Trinajstić information content (AvgIpc) is 2.73. The lowest BCUT2D eigenvalue weighted by Gasteiger charge is -2.10. The van der Waals surface area contributed by atoms with E-state index in [1.807, 2.05) is 17.8 Å². The van der Waals surface area contributed by atoms with Gasteiger partial charge in [0.15, 0.2) is 0 Å². The number of hydrogen-bond donors (Lipinski definition) is 3. The van der Waals surface area contributed by atoms with Gasteiger partial charge < -0.3 is 5.32 Å². The number of halogens is 1. The SMILES string of the molecule is Cc1cccc(C(=O)Nc2ccc(C(=O)NNS(=O)(=O)c3ccc(Cl)cc3)cc2)c1. The van der Waals surface area contributed by atoms with E-state index in [9.17, 15) is 18.0 Å². The van der Waals surface area contributed by atoms with Gasteiger partial charge in [0.25, 0.3) is 21.8 Å². The zero-order valence-corrected chi connectivity index (χ0v) is 17.4. The van der Waals surface area contributed by atoms with Gasteiger partial charge in [-0.2, -0.15) is 0 Å². The van der Waals surface area contributed by atoms with Gasteiger partial charge in [-0.25, -0.2) is 8.42 Å². The van der Waals surface area contributed by atoms with Crippen molar-refractivity contribution < 1.29 is 18.0 Å². The number of benzene rings is 3. The Balaban J connectivity index is 1.61. The van der Waals surface area contributed by atoms with E-state index in [4.69, 9.17) is 11.6 Å². The van der Waals surface area contributed by atoms with Gasteiger partial charge in [-0.3, -0.25) is 15.0 Å². The molecular weight excluding hydrogens is 426 g/mol. The molecule has 154 valence electrons. The average molecular weight is 444 g/mol. The van der Waals surface area contributed by atoms with Gasteiger partial charge in [-0.15, -0.1) is 4.83 Å². The van der Waals surface area contributed by atoms with E-state index >= 15 is 0 Å². The highest BCUT2D eigenvalue weighted by molar-refractivity contribution is 7.89. The molecule has 0 bridgehead atoms. The van der Waals surface area contributed by atoms with Crippen LogP contribution in [0.1, 0.15) is 26.3 Å². The molecule has 0 unspecified atom stereocenters. The molecule has 0 aliphatic heterocycles. The number of amides is 2. The summed E-state index contributed by atoms with van der Waals surface area (Å²) in [4.78, 5) is 26.5. The van der Waals surface area contributed by atoms with Crippen LogP contribution in [0.3, 0.4) is 0 Å². The van der Waals surface area contributed by atoms with Gasteiger partial charge in [0.2, 0.25) is 0 Å². The molecule has 9 heteroatoms. The fraction of sp³-hybridized carbons (Fsp3) is 0.0476. The van der Waals surface area contributed by atoms with Crippen molar-refractivity contribution in [2.75, 3.05) is 5.32 Å². The minimum absolute atomic E-state index is 0.0404. The Morgan fingerprint density at radius 1 is 0.833 bits per heavy atom. The summed E-state index contributed by atoms with van der Waals surface area (Å²) in [7, 11) is -3.94. The number of rotatable bonds is 6. The molecular formula is C21H18ClN3O4S. The largest absolute Gasteiger partial charge is 0.322 e. The van der Waals surface area contributed by atoms with Gasteiger partial charge in [-0.1, -0.05) is 29.3 Å². The van der Waals surface area contributed by atoms with Crippen LogP contribution in [0.4, 0.5) is 5.69 Å². The van der Waals surface area contributed by atoms with Crippen LogP contribution in [0.15, 0.2) is 77.7 Å². The summed E-state index contributed by atoms with van der Waals surface area (Å²) in [5.74, 6) is -0.921. The number of nitrogens with one attached hydrogen (secondary N) is 3. The summed E-state index contributed by atoms with van der Waals surface area (Å²) in [6.07, 6.45) is 0. The number of aryl methyl sites for hydroxylation is 1. The maximum absolute atomic E-state index is 12.3. The van der Waals surface area contributed by atoms with Crippen LogP contribution in [-0.2, 0) is 10.0 Å². The van der Waals surface area contributed by atoms with E-state index in [2.05, 4.69) is 10.7 Å². The van der Waals surface area contributed by atoms with Crippen molar-refractivity contribution >= 4 is 39.1 Å². The van der Waals surface area contributed by atoms with Crippen molar-refractivity contribution in [3.63, 3.8) is 0 Å². The van der Waals surface area contributed by atoms with Crippen LogP contribution in [0.5, 0.6) is 0 Å². The van der Waals surface area contributed by atoms with Gasteiger partial charge in [0, 0.05) is 21.8 Å². The summed E-state index contributed by atoms with van der Waals surface area (Å²) in [5, 5.41) is 3.14. The second-order valence-corrected chi connectivity index (χ2v) is 8.53. The highest BCUT2D eigenvalue weighted by Crippen LogP contribution is 2.14. The van der Waals surface area contributed by atoms with Crippen molar-refractivity contribution in [3.05, 3.63) is 94.5 Å². The second-order valence-electron chi connectivity index (χ2n) is 6.41. The van der Waals surface area contributed by atoms with Crippen LogP contribution in [0.25, 0.3) is 0 Å². The number of anilines is 1. The van der Waals surface area contributed by atoms with E-state index in [-0.39, 0.29) is 16.4 Å². The van der Waals surface area contributed by atoms with E-state index in [0.29, 0.717) is 16.3 Å². The van der Waals surface area contributed by atoms with E-state index in [0.717, 1.165) is 5.56 Å². The third-order valence-electron chi connectivity index (χ3n) is 4.11. The summed E-state index contributed by atoms with van der Waals surface area (Å²) in [5.41, 5.74) is 4.35. The topological polar surface area (TPSA) is 104 Å². The highest BCUT2D eigenvalue weighted by Gasteiger charge is 2.16. The molecule has 3 rings (SSSR count). The van der Waals surface area contributed by atoms with Gasteiger partial charge >= 0.3 is 0 Å². The molecule has 0 fully saturated rings. The Bertz CT molecular complexity index is 1180. The Kier molecular flexibility index (Phi) is 6.51. The molecule has 0 saturated heterocycles. The standard InChI is InChI=1S/C21H18ClN3O4S/c1-14-3-2-4-16(13-14)20(26)23-18-9-5-15(6-10-18)21(27)24-25-30(28,29)19-11-7-17(22)8-12-19/h2-13,25H,1H3,(H,23,26)(H,24,27). The molecule has 7 nitrogen and oxygen atoms in total. The Labute approximate surface area is 179 Å². The molecule has 30 heavy (non-hydrogen) atoms. The third-order valence-corrected chi connectivity index (χ3v) is 5.62. The van der Waals surface area contributed by atoms with E-state index in [1.165, 1.54) is 36.4 Å². The molecule has 0 atom stereocenters. The highest BCUT2D eigenvalue weighted by atomic mass is 35.5. The molecule has 2 amide bonds. The molecule has 3 N–H and O–H groups in total. The number of hydrogen-bond acceptors (Lipinski definition) is 4. The second kappa shape index (κ2) is 9.08. The normalized spacial score (nSPS) is 11.0. The molecule has 0 spiro atoms. The molecule has 0 heterocycles. The van der Waals surface area contributed by atoms with Crippen LogP contribution < -0.4 is 15.6 Å². The quantitative estimate of drug-likeness (QED) is 0.507. The lowest BCUT2D eigenvalue weighted by Crippen LogP contribution is -2.41. The molecule has 0 aromatic heterocycles. The first-order valence-corrected chi connectivity index (χ1v) is 10.7. The fourth-order valence-electron chi connectivity index (χ4n) is 2.55. The lowest BCUT2D eigenvalue weighted by atomic mass is 10.1. The van der Waals surface area contributed by atoms with Crippen molar-refractivity contribution in [2.24, 2.45) is 0 Å². The van der Waals surface area contributed by atoms with Gasteiger partial charge in [-0.05, 0) is 67.6 Å². The predicted octanol–water partition coefficient (Wildman–Crippen LogP) is 3.52. The van der Waals surface area contributed by atoms with E-state index < -0.39 is 15.9 Å². The van der Waals surface area contributed by atoms with Crippen LogP contribution >= 0.6 is 11.6 Å². The molecule has 0 aliphatic rings. The predicted molar refractivity (Wildman–Crippen MR) is 115 cm³/mol. The minimum atomic E-state index is -3.94. The maximum Gasteiger partial charge on any atom is 0.266 e. The van der Waals surface area contributed by atoms with Crippen LogP contribution in [-0.4, -0.2) is 20.2 Å². The van der Waals surface area contributed by atoms with Crippen LogP contribution in [0.2, 0.25) is 5.02 Å². The summed E-state index contributed by atoms with van der Waals surface area (Å²) in [6.45, 7) is 1.89. The van der Waals surface area contributed by atoms with Crippen molar-refractivity contribution in [1.82, 2.24) is 10.3 Å². The van der Waals surface area contributed by atoms with Crippen molar-refractivity contribution in [3.8, 4) is 0 Å². The molecule has 0 radical (unpaired) electrons. The van der Waals surface area contributed by atoms with Crippen molar-refractivity contribution in [1.29, 1.82) is 0 Å². The number of hydrazine groups is 1. The molecule has 3 aromatic carbocycles. The molecule has 0 saturated carbocycles.